The number of nitrogens with zero attached hydrogens (tertiary/aromatic N) is 1. The molecule has 2 aromatic carbocycles. The standard InChI is InChI=1S/C19H22N2O/c1-12-16(17(20-12)18(22)21-19(2,3)4)15-11-7-9-13-8-5-6-10-14(13)15/h5-11,16-17H,1-4H3,(H,21,22)/t16-,17-/m1/s1. The lowest BCUT2D eigenvalue weighted by molar-refractivity contribution is -0.124. The number of carbonyl (C=O) groups is 1. The lowest BCUT2D eigenvalue weighted by Gasteiger charge is -2.35. The minimum Gasteiger partial charge on any atom is -0.350 e. The molecule has 1 aliphatic rings. The fourth-order valence-electron chi connectivity index (χ4n) is 3.09. The SMILES string of the molecule is CC1=N[C@@H](C(=O)NC(C)(C)C)[C@H]1c1cccc2ccccc12. The number of amides is 1. The second-order valence-electron chi connectivity index (χ2n) is 7.00. The number of benzene rings is 2. The third-order valence-electron chi connectivity index (χ3n) is 4.03. The van der Waals surface area contributed by atoms with Crippen molar-refractivity contribution in [2.24, 2.45) is 4.99 Å². The summed E-state index contributed by atoms with van der Waals surface area (Å²) in [5.41, 5.74) is 1.99. The van der Waals surface area contributed by atoms with Crippen LogP contribution in [0.25, 0.3) is 10.8 Å². The van der Waals surface area contributed by atoms with Gasteiger partial charge in [-0.15, -0.1) is 0 Å². The predicted molar refractivity (Wildman–Crippen MR) is 91.5 cm³/mol. The van der Waals surface area contributed by atoms with Gasteiger partial charge in [0.15, 0.2) is 0 Å². The van der Waals surface area contributed by atoms with E-state index in [9.17, 15) is 4.79 Å². The van der Waals surface area contributed by atoms with Crippen molar-refractivity contribution in [3.63, 3.8) is 0 Å². The zero-order valence-electron chi connectivity index (χ0n) is 13.6. The Bertz CT molecular complexity index is 750. The molecule has 2 atom stereocenters. The summed E-state index contributed by atoms with van der Waals surface area (Å²) in [5.74, 6) is 0.0875. The van der Waals surface area contributed by atoms with Crippen LogP contribution in [0.1, 0.15) is 39.2 Å². The summed E-state index contributed by atoms with van der Waals surface area (Å²) in [5, 5.41) is 5.45. The lowest BCUT2D eigenvalue weighted by atomic mass is 9.80. The van der Waals surface area contributed by atoms with E-state index in [1.54, 1.807) is 0 Å². The van der Waals surface area contributed by atoms with Gasteiger partial charge in [-0.1, -0.05) is 42.5 Å². The first kappa shape index (κ1) is 14.8. The van der Waals surface area contributed by atoms with E-state index < -0.39 is 0 Å². The molecule has 1 aliphatic heterocycles. The highest BCUT2D eigenvalue weighted by atomic mass is 16.2. The molecule has 0 radical (unpaired) electrons. The van der Waals surface area contributed by atoms with Gasteiger partial charge in [0.25, 0.3) is 0 Å². The molecule has 0 saturated carbocycles. The normalized spacial score (nSPS) is 21.2. The lowest BCUT2D eigenvalue weighted by Crippen LogP contribution is -2.51. The van der Waals surface area contributed by atoms with Crippen molar-refractivity contribution in [1.29, 1.82) is 0 Å². The summed E-state index contributed by atoms with van der Waals surface area (Å²) in [6.45, 7) is 7.99. The first-order chi connectivity index (χ1) is 10.4. The van der Waals surface area contributed by atoms with Crippen LogP contribution in [-0.4, -0.2) is 23.2 Å². The van der Waals surface area contributed by atoms with Crippen LogP contribution >= 0.6 is 0 Å². The highest BCUT2D eigenvalue weighted by Gasteiger charge is 2.40. The van der Waals surface area contributed by atoms with Crippen LogP contribution < -0.4 is 5.32 Å². The minimum absolute atomic E-state index is 0.0102. The Hall–Kier alpha value is -2.16. The van der Waals surface area contributed by atoms with Crippen LogP contribution in [0, 0.1) is 0 Å². The summed E-state index contributed by atoms with van der Waals surface area (Å²) < 4.78 is 0. The van der Waals surface area contributed by atoms with Gasteiger partial charge in [0, 0.05) is 11.3 Å². The molecule has 114 valence electrons. The van der Waals surface area contributed by atoms with E-state index in [1.165, 1.54) is 16.3 Å². The number of hydrogen-bond donors (Lipinski definition) is 1. The van der Waals surface area contributed by atoms with E-state index in [4.69, 9.17) is 0 Å². The second-order valence-corrected chi connectivity index (χ2v) is 7.00. The molecule has 22 heavy (non-hydrogen) atoms. The van der Waals surface area contributed by atoms with E-state index in [0.717, 1.165) is 5.71 Å². The molecule has 0 aromatic heterocycles. The Morgan fingerprint density at radius 1 is 1.09 bits per heavy atom. The third-order valence-corrected chi connectivity index (χ3v) is 4.03. The average molecular weight is 294 g/mol. The smallest absolute Gasteiger partial charge is 0.246 e. The maximum Gasteiger partial charge on any atom is 0.246 e. The van der Waals surface area contributed by atoms with Crippen LogP contribution in [0.3, 0.4) is 0 Å². The van der Waals surface area contributed by atoms with Crippen LogP contribution in [0.5, 0.6) is 0 Å². The summed E-state index contributed by atoms with van der Waals surface area (Å²) in [6.07, 6.45) is 0. The van der Waals surface area contributed by atoms with Gasteiger partial charge in [0.1, 0.15) is 6.04 Å². The van der Waals surface area contributed by atoms with Crippen molar-refractivity contribution in [2.45, 2.75) is 45.2 Å². The Balaban J connectivity index is 1.97. The topological polar surface area (TPSA) is 41.5 Å². The summed E-state index contributed by atoms with van der Waals surface area (Å²) >= 11 is 0. The number of rotatable bonds is 2. The molecule has 0 spiro atoms. The molecular formula is C19H22N2O. The highest BCUT2D eigenvalue weighted by molar-refractivity contribution is 6.06. The maximum atomic E-state index is 12.5. The first-order valence-electron chi connectivity index (χ1n) is 7.71. The highest BCUT2D eigenvalue weighted by Crippen LogP contribution is 2.36. The van der Waals surface area contributed by atoms with Crippen LogP contribution in [0.15, 0.2) is 47.5 Å². The van der Waals surface area contributed by atoms with Gasteiger partial charge in [0.05, 0.1) is 5.92 Å². The average Bonchev–Trinajstić information content (AvgIpc) is 2.43. The Labute approximate surface area is 131 Å². The van der Waals surface area contributed by atoms with Gasteiger partial charge < -0.3 is 5.32 Å². The second kappa shape index (κ2) is 5.24. The predicted octanol–water partition coefficient (Wildman–Crippen LogP) is 3.68. The molecule has 0 aliphatic carbocycles. The van der Waals surface area contributed by atoms with Crippen LogP contribution in [-0.2, 0) is 4.79 Å². The van der Waals surface area contributed by atoms with Crippen molar-refractivity contribution in [2.75, 3.05) is 0 Å². The van der Waals surface area contributed by atoms with E-state index in [2.05, 4.69) is 40.6 Å². The number of fused-ring (bicyclic) bond motifs is 1. The van der Waals surface area contributed by atoms with Crippen LogP contribution in [0.4, 0.5) is 0 Å². The monoisotopic (exact) mass is 294 g/mol. The van der Waals surface area contributed by atoms with Crippen molar-refractivity contribution in [3.05, 3.63) is 48.0 Å². The van der Waals surface area contributed by atoms with E-state index >= 15 is 0 Å². The van der Waals surface area contributed by atoms with Gasteiger partial charge in [-0.3, -0.25) is 9.79 Å². The quantitative estimate of drug-likeness (QED) is 0.902. The third kappa shape index (κ3) is 2.63. The Kier molecular flexibility index (Phi) is 3.51. The first-order valence-corrected chi connectivity index (χ1v) is 7.71. The van der Waals surface area contributed by atoms with Crippen molar-refractivity contribution in [3.8, 4) is 0 Å². The molecule has 3 rings (SSSR count). The summed E-state index contributed by atoms with van der Waals surface area (Å²) in [4.78, 5) is 17.0. The van der Waals surface area contributed by atoms with Gasteiger partial charge in [-0.2, -0.15) is 0 Å². The molecular weight excluding hydrogens is 272 g/mol. The number of nitrogens with one attached hydrogen (secondary N) is 1. The largest absolute Gasteiger partial charge is 0.350 e. The zero-order chi connectivity index (χ0) is 15.9. The van der Waals surface area contributed by atoms with Gasteiger partial charge in [0.2, 0.25) is 5.91 Å². The number of hydrogen-bond acceptors (Lipinski definition) is 2. The molecule has 0 saturated heterocycles. The number of aliphatic imine (C=N–C) groups is 1. The van der Waals surface area contributed by atoms with Crippen LogP contribution in [0.2, 0.25) is 0 Å². The zero-order valence-corrected chi connectivity index (χ0v) is 13.6. The Morgan fingerprint density at radius 3 is 2.45 bits per heavy atom. The van der Waals surface area contributed by atoms with Crippen molar-refractivity contribution in [1.82, 2.24) is 5.32 Å². The molecule has 3 nitrogen and oxygen atoms in total. The maximum absolute atomic E-state index is 12.5. The molecule has 1 amide bonds. The minimum atomic E-state index is -0.315. The molecule has 1 heterocycles. The van der Waals surface area contributed by atoms with Crippen molar-refractivity contribution >= 4 is 22.4 Å². The molecule has 0 unspecified atom stereocenters. The summed E-state index contributed by atoms with van der Waals surface area (Å²) in [6, 6.07) is 14.3. The van der Waals surface area contributed by atoms with Crippen molar-refractivity contribution < 1.29 is 4.79 Å². The molecule has 0 fully saturated rings. The molecule has 3 heteroatoms. The molecule has 1 N–H and O–H groups in total. The fourth-order valence-corrected chi connectivity index (χ4v) is 3.09. The van der Waals surface area contributed by atoms with Gasteiger partial charge in [-0.25, -0.2) is 0 Å². The molecule has 2 aromatic rings. The van der Waals surface area contributed by atoms with E-state index in [0.29, 0.717) is 0 Å². The fraction of sp³-hybridized carbons (Fsp3) is 0.368. The van der Waals surface area contributed by atoms with Gasteiger partial charge >= 0.3 is 0 Å². The van der Waals surface area contributed by atoms with Gasteiger partial charge in [-0.05, 0) is 44.0 Å². The summed E-state index contributed by atoms with van der Waals surface area (Å²) in [7, 11) is 0. The Morgan fingerprint density at radius 2 is 1.77 bits per heavy atom. The van der Waals surface area contributed by atoms with E-state index in [-0.39, 0.29) is 23.4 Å². The molecule has 0 bridgehead atoms. The van der Waals surface area contributed by atoms with E-state index in [1.807, 2.05) is 39.8 Å². The number of carbonyl (C=O) groups excluding carboxylic acids is 1.